The lowest BCUT2D eigenvalue weighted by Crippen LogP contribution is -2.33. The van der Waals surface area contributed by atoms with Gasteiger partial charge in [-0.2, -0.15) is 11.8 Å². The van der Waals surface area contributed by atoms with Gasteiger partial charge in [0.05, 0.1) is 4.88 Å². The highest BCUT2D eigenvalue weighted by Gasteiger charge is 2.13. The Labute approximate surface area is 127 Å². The van der Waals surface area contributed by atoms with Crippen LogP contribution in [0.4, 0.5) is 0 Å². The Balaban J connectivity index is 2.70. The topological polar surface area (TPSA) is 66.4 Å². The first-order chi connectivity index (χ1) is 9.43. The van der Waals surface area contributed by atoms with E-state index in [1.807, 2.05) is 13.8 Å². The van der Waals surface area contributed by atoms with Gasteiger partial charge in [0, 0.05) is 22.7 Å². The summed E-state index contributed by atoms with van der Waals surface area (Å²) in [5, 5.41) is 11.6. The molecule has 4 nitrogen and oxygen atoms in total. The number of thioether (sulfide) groups is 1. The number of carbonyl (C=O) groups is 2. The Hall–Kier alpha value is -1.27. The zero-order valence-electron chi connectivity index (χ0n) is 11.8. The minimum atomic E-state index is -0.992. The van der Waals surface area contributed by atoms with E-state index in [-0.39, 0.29) is 11.9 Å². The second kappa shape index (κ2) is 8.11. The second-order valence-electron chi connectivity index (χ2n) is 4.36. The van der Waals surface area contributed by atoms with E-state index in [1.54, 1.807) is 17.8 Å². The maximum atomic E-state index is 12.1. The summed E-state index contributed by atoms with van der Waals surface area (Å²) >= 11 is 3.09. The summed E-state index contributed by atoms with van der Waals surface area (Å²) in [7, 11) is 0. The van der Waals surface area contributed by atoms with Crippen molar-refractivity contribution in [3.05, 3.63) is 27.5 Å². The molecule has 1 rings (SSSR count). The SMILES string of the molecule is CCSCC(C)NC(=O)c1cc(C)c(/C=C/C(=O)O)s1. The average molecular weight is 313 g/mol. The van der Waals surface area contributed by atoms with E-state index in [0.717, 1.165) is 28.0 Å². The Morgan fingerprint density at radius 2 is 2.25 bits per heavy atom. The van der Waals surface area contributed by atoms with Crippen LogP contribution in [0, 0.1) is 6.92 Å². The molecule has 0 spiro atoms. The summed E-state index contributed by atoms with van der Waals surface area (Å²) < 4.78 is 0. The van der Waals surface area contributed by atoms with E-state index in [4.69, 9.17) is 5.11 Å². The van der Waals surface area contributed by atoms with Crippen molar-refractivity contribution in [1.82, 2.24) is 5.32 Å². The van der Waals surface area contributed by atoms with Gasteiger partial charge in [-0.25, -0.2) is 4.79 Å². The molecule has 0 fully saturated rings. The van der Waals surface area contributed by atoms with Crippen molar-refractivity contribution in [2.24, 2.45) is 0 Å². The number of carboxylic acids is 1. The number of aliphatic carboxylic acids is 1. The molecular formula is C14H19NO3S2. The fourth-order valence-electron chi connectivity index (χ4n) is 1.55. The van der Waals surface area contributed by atoms with Crippen LogP contribution >= 0.6 is 23.1 Å². The number of aryl methyl sites for hydroxylation is 1. The van der Waals surface area contributed by atoms with Crippen LogP contribution in [0.5, 0.6) is 0 Å². The average Bonchev–Trinajstić information content (AvgIpc) is 2.75. The molecule has 6 heteroatoms. The predicted molar refractivity (Wildman–Crippen MR) is 85.7 cm³/mol. The third-order valence-corrected chi connectivity index (χ3v) is 4.85. The molecular weight excluding hydrogens is 294 g/mol. The molecule has 1 heterocycles. The molecule has 2 N–H and O–H groups in total. The first-order valence-electron chi connectivity index (χ1n) is 6.34. The van der Waals surface area contributed by atoms with Gasteiger partial charge in [-0.1, -0.05) is 6.92 Å². The third kappa shape index (κ3) is 5.38. The number of nitrogens with one attached hydrogen (secondary N) is 1. The number of rotatable bonds is 7. The molecule has 1 aromatic rings. The standard InChI is InChI=1S/C14H19NO3S2/c1-4-19-8-10(3)15-14(18)12-7-9(2)11(20-12)5-6-13(16)17/h5-7,10H,4,8H2,1-3H3,(H,15,18)(H,16,17)/b6-5+. The van der Waals surface area contributed by atoms with Gasteiger partial charge in [0.25, 0.3) is 5.91 Å². The van der Waals surface area contributed by atoms with Gasteiger partial charge in [-0.3, -0.25) is 4.79 Å². The van der Waals surface area contributed by atoms with E-state index in [1.165, 1.54) is 17.4 Å². The number of hydrogen-bond donors (Lipinski definition) is 2. The lowest BCUT2D eigenvalue weighted by atomic mass is 10.2. The molecule has 0 aliphatic rings. The molecule has 0 aromatic carbocycles. The largest absolute Gasteiger partial charge is 0.478 e. The zero-order chi connectivity index (χ0) is 15.1. The second-order valence-corrected chi connectivity index (χ2v) is 6.77. The summed E-state index contributed by atoms with van der Waals surface area (Å²) in [6, 6.07) is 1.91. The highest BCUT2D eigenvalue weighted by molar-refractivity contribution is 7.99. The van der Waals surface area contributed by atoms with Crippen molar-refractivity contribution < 1.29 is 14.7 Å². The van der Waals surface area contributed by atoms with E-state index < -0.39 is 5.97 Å². The number of carboxylic acid groups (broad SMARTS) is 1. The van der Waals surface area contributed by atoms with Crippen LogP contribution in [0.2, 0.25) is 0 Å². The molecule has 1 amide bonds. The lowest BCUT2D eigenvalue weighted by molar-refractivity contribution is -0.131. The van der Waals surface area contributed by atoms with Gasteiger partial charge in [0.1, 0.15) is 0 Å². The zero-order valence-corrected chi connectivity index (χ0v) is 13.4. The first-order valence-corrected chi connectivity index (χ1v) is 8.31. The van der Waals surface area contributed by atoms with Crippen LogP contribution < -0.4 is 5.32 Å². The summed E-state index contributed by atoms with van der Waals surface area (Å²) in [4.78, 5) is 24.0. The van der Waals surface area contributed by atoms with E-state index >= 15 is 0 Å². The van der Waals surface area contributed by atoms with Crippen molar-refractivity contribution in [3.63, 3.8) is 0 Å². The maximum absolute atomic E-state index is 12.1. The molecule has 0 saturated carbocycles. The number of amides is 1. The first kappa shape index (κ1) is 16.8. The van der Waals surface area contributed by atoms with Crippen LogP contribution in [0.1, 0.15) is 34.0 Å². The molecule has 0 radical (unpaired) electrons. The van der Waals surface area contributed by atoms with Gasteiger partial charge >= 0.3 is 5.97 Å². The summed E-state index contributed by atoms with van der Waals surface area (Å²) in [5.74, 6) is 0.826. The maximum Gasteiger partial charge on any atom is 0.328 e. The van der Waals surface area contributed by atoms with Gasteiger partial charge in [-0.15, -0.1) is 11.3 Å². The van der Waals surface area contributed by atoms with Crippen molar-refractivity contribution in [2.75, 3.05) is 11.5 Å². The highest BCUT2D eigenvalue weighted by atomic mass is 32.2. The fraction of sp³-hybridized carbons (Fsp3) is 0.429. The lowest BCUT2D eigenvalue weighted by Gasteiger charge is -2.11. The molecule has 1 atom stereocenters. The Bertz CT molecular complexity index is 509. The Morgan fingerprint density at radius 3 is 2.85 bits per heavy atom. The Kier molecular flexibility index (Phi) is 6.81. The van der Waals surface area contributed by atoms with Gasteiger partial charge in [0.15, 0.2) is 0 Å². The van der Waals surface area contributed by atoms with E-state index in [0.29, 0.717) is 4.88 Å². The number of hydrogen-bond acceptors (Lipinski definition) is 4. The highest BCUT2D eigenvalue weighted by Crippen LogP contribution is 2.23. The van der Waals surface area contributed by atoms with Crippen molar-refractivity contribution >= 4 is 41.1 Å². The van der Waals surface area contributed by atoms with Crippen molar-refractivity contribution in [1.29, 1.82) is 0 Å². The van der Waals surface area contributed by atoms with Crippen molar-refractivity contribution in [2.45, 2.75) is 26.8 Å². The van der Waals surface area contributed by atoms with Crippen LogP contribution in [0.3, 0.4) is 0 Å². The smallest absolute Gasteiger partial charge is 0.328 e. The van der Waals surface area contributed by atoms with Crippen LogP contribution in [0.15, 0.2) is 12.1 Å². The quantitative estimate of drug-likeness (QED) is 0.759. The molecule has 0 saturated heterocycles. The Morgan fingerprint density at radius 1 is 1.55 bits per heavy atom. The van der Waals surface area contributed by atoms with E-state index in [9.17, 15) is 9.59 Å². The summed E-state index contributed by atoms with van der Waals surface area (Å²) in [5.41, 5.74) is 0.910. The van der Waals surface area contributed by atoms with Gasteiger partial charge in [0.2, 0.25) is 0 Å². The number of carbonyl (C=O) groups excluding carboxylic acids is 1. The van der Waals surface area contributed by atoms with Gasteiger partial charge in [-0.05, 0) is 37.3 Å². The summed E-state index contributed by atoms with van der Waals surface area (Å²) in [6.45, 7) is 5.93. The van der Waals surface area contributed by atoms with Gasteiger partial charge < -0.3 is 10.4 Å². The van der Waals surface area contributed by atoms with E-state index in [2.05, 4.69) is 12.2 Å². The van der Waals surface area contributed by atoms with Crippen LogP contribution in [-0.2, 0) is 4.79 Å². The normalized spacial score (nSPS) is 12.6. The molecule has 1 aromatic heterocycles. The molecule has 20 heavy (non-hydrogen) atoms. The molecule has 0 aliphatic heterocycles. The fourth-order valence-corrected chi connectivity index (χ4v) is 3.20. The monoisotopic (exact) mass is 313 g/mol. The predicted octanol–water partition coefficient (Wildman–Crippen LogP) is 3.03. The minimum absolute atomic E-state index is 0.0997. The van der Waals surface area contributed by atoms with Crippen LogP contribution in [0.25, 0.3) is 6.08 Å². The minimum Gasteiger partial charge on any atom is -0.478 e. The summed E-state index contributed by atoms with van der Waals surface area (Å²) in [6.07, 6.45) is 2.61. The molecule has 110 valence electrons. The molecule has 0 bridgehead atoms. The van der Waals surface area contributed by atoms with Crippen LogP contribution in [-0.4, -0.2) is 34.5 Å². The number of thiophene rings is 1. The molecule has 0 aliphatic carbocycles. The molecule has 1 unspecified atom stereocenters. The van der Waals surface area contributed by atoms with Crippen molar-refractivity contribution in [3.8, 4) is 0 Å². The third-order valence-electron chi connectivity index (χ3n) is 2.51.